The quantitative estimate of drug-likeness (QED) is 0.442. The fourth-order valence-electron chi connectivity index (χ4n) is 1.64. The van der Waals surface area contributed by atoms with Crippen molar-refractivity contribution in [3.63, 3.8) is 0 Å². The molecule has 0 heterocycles. The molecule has 86 valence electrons. The van der Waals surface area contributed by atoms with Gasteiger partial charge in [0.05, 0.1) is 0 Å². The Bertz CT molecular complexity index is 425. The summed E-state index contributed by atoms with van der Waals surface area (Å²) in [5.41, 5.74) is 0. The van der Waals surface area contributed by atoms with Crippen LogP contribution in [0.4, 0.5) is 0 Å². The van der Waals surface area contributed by atoms with E-state index in [0.29, 0.717) is 0 Å². The van der Waals surface area contributed by atoms with Crippen molar-refractivity contribution in [2.75, 3.05) is 4.43 Å². The Balaban J connectivity index is 2.36. The van der Waals surface area contributed by atoms with Crippen molar-refractivity contribution >= 4 is 41.1 Å². The van der Waals surface area contributed by atoms with E-state index in [1.54, 1.807) is 0 Å². The molecule has 17 heavy (non-hydrogen) atoms. The predicted molar refractivity (Wildman–Crippen MR) is 87.1 cm³/mol. The minimum atomic E-state index is -0.342. The summed E-state index contributed by atoms with van der Waals surface area (Å²) >= 11 is 2.38. The van der Waals surface area contributed by atoms with Gasteiger partial charge in [0, 0.05) is 4.43 Å². The molecule has 2 heteroatoms. The summed E-state index contributed by atoms with van der Waals surface area (Å²) in [5, 5.41) is 2.82. The molecule has 0 bridgehead atoms. The first-order valence-electron chi connectivity index (χ1n) is 5.54. The summed E-state index contributed by atoms with van der Waals surface area (Å²) in [6.07, 6.45) is 2.26. The van der Waals surface area contributed by atoms with Gasteiger partial charge in [0.1, 0.15) is 0 Å². The van der Waals surface area contributed by atoms with Crippen molar-refractivity contribution in [2.24, 2.45) is 0 Å². The molecule has 2 aromatic carbocycles. The second-order valence-corrected chi connectivity index (χ2v) is 6.53. The van der Waals surface area contributed by atoms with Gasteiger partial charge in [-0.15, -0.1) is 0 Å². The summed E-state index contributed by atoms with van der Waals surface area (Å²) in [6, 6.07) is 21.5. The highest BCUT2D eigenvalue weighted by Gasteiger charge is 2.08. The molecule has 0 aromatic heterocycles. The number of hydrogen-bond donors (Lipinski definition) is 0. The monoisotopic (exact) mass is 352 g/mol. The van der Waals surface area contributed by atoms with Crippen LogP contribution in [-0.4, -0.2) is 4.43 Å². The van der Waals surface area contributed by atoms with E-state index < -0.39 is 0 Å². The molecule has 2 rings (SSSR count). The van der Waals surface area contributed by atoms with Gasteiger partial charge in [-0.3, -0.25) is 0 Å². The fraction of sp³-hybridized carbons (Fsp3) is 0.0667. The average Bonchev–Trinajstić information content (AvgIpc) is 2.42. The van der Waals surface area contributed by atoms with E-state index in [1.165, 1.54) is 10.6 Å². The van der Waals surface area contributed by atoms with Gasteiger partial charge in [-0.05, 0) is 18.5 Å². The molecule has 0 atom stereocenters. The van der Waals surface area contributed by atoms with Gasteiger partial charge >= 0.3 is 0 Å². The zero-order chi connectivity index (χ0) is 11.9. The number of allylic oxidation sites excluding steroid dienone is 1. The van der Waals surface area contributed by atoms with E-state index in [0.717, 1.165) is 4.43 Å². The third-order valence-electron chi connectivity index (χ3n) is 2.41. The molecule has 2 aromatic rings. The van der Waals surface area contributed by atoms with E-state index in [4.69, 9.17) is 0 Å². The van der Waals surface area contributed by atoms with Crippen LogP contribution in [0.15, 0.2) is 72.6 Å². The molecule has 0 spiro atoms. The second kappa shape index (κ2) is 6.93. The SMILES string of the molecule is IC/C=C/P(c1ccccc1)c1ccccc1. The Labute approximate surface area is 118 Å². The van der Waals surface area contributed by atoms with E-state index in [1.807, 2.05) is 0 Å². The number of hydrogen-bond acceptors (Lipinski definition) is 0. The Morgan fingerprint density at radius 3 is 1.71 bits per heavy atom. The average molecular weight is 352 g/mol. The smallest absolute Gasteiger partial charge is 0.0179 e. The first-order chi connectivity index (χ1) is 8.42. The van der Waals surface area contributed by atoms with Crippen LogP contribution < -0.4 is 10.6 Å². The third-order valence-corrected chi connectivity index (χ3v) is 5.14. The molecule has 0 radical (unpaired) electrons. The van der Waals surface area contributed by atoms with Gasteiger partial charge in [-0.25, -0.2) is 0 Å². The largest absolute Gasteiger partial charge is 0.0818 e. The van der Waals surface area contributed by atoms with E-state index in [-0.39, 0.29) is 7.92 Å². The maximum Gasteiger partial charge on any atom is 0.0179 e. The summed E-state index contributed by atoms with van der Waals surface area (Å²) in [4.78, 5) is 0. The van der Waals surface area contributed by atoms with Crippen molar-refractivity contribution < 1.29 is 0 Å². The van der Waals surface area contributed by atoms with E-state index >= 15 is 0 Å². The summed E-state index contributed by atoms with van der Waals surface area (Å²) < 4.78 is 1.07. The second-order valence-electron chi connectivity index (χ2n) is 3.58. The highest BCUT2D eigenvalue weighted by Crippen LogP contribution is 2.34. The molecule has 0 aliphatic rings. The summed E-state index contributed by atoms with van der Waals surface area (Å²) in [6.45, 7) is 0. The van der Waals surface area contributed by atoms with Crippen molar-refractivity contribution in [2.45, 2.75) is 0 Å². The molecular formula is C15H14IP. The van der Waals surface area contributed by atoms with Crippen LogP contribution in [-0.2, 0) is 0 Å². The highest BCUT2D eigenvalue weighted by molar-refractivity contribution is 14.1. The standard InChI is InChI=1S/C15H14IP/c16-12-7-13-17(14-8-3-1-4-9-14)15-10-5-2-6-11-15/h1-11,13H,12H2/b13-7+. The Morgan fingerprint density at radius 2 is 1.29 bits per heavy atom. The van der Waals surface area contributed by atoms with Gasteiger partial charge in [0.25, 0.3) is 0 Å². The lowest BCUT2D eigenvalue weighted by molar-refractivity contribution is 1.75. The minimum Gasteiger partial charge on any atom is -0.0818 e. The fourth-order valence-corrected chi connectivity index (χ4v) is 4.25. The van der Waals surface area contributed by atoms with Crippen LogP contribution in [0.5, 0.6) is 0 Å². The van der Waals surface area contributed by atoms with Crippen molar-refractivity contribution in [1.82, 2.24) is 0 Å². The highest BCUT2D eigenvalue weighted by atomic mass is 127. The molecule has 0 amide bonds. The van der Waals surface area contributed by atoms with Gasteiger partial charge < -0.3 is 0 Å². The van der Waals surface area contributed by atoms with E-state index in [9.17, 15) is 0 Å². The molecule has 0 aliphatic heterocycles. The molecule has 0 fully saturated rings. The first-order valence-corrected chi connectivity index (χ1v) is 8.47. The molecule has 0 saturated carbocycles. The lowest BCUT2D eigenvalue weighted by Gasteiger charge is -2.14. The predicted octanol–water partition coefficient (Wildman–Crippen LogP) is 4.07. The first kappa shape index (κ1) is 12.8. The van der Waals surface area contributed by atoms with Crippen LogP contribution in [0, 0.1) is 0 Å². The van der Waals surface area contributed by atoms with Crippen molar-refractivity contribution in [3.05, 3.63) is 72.6 Å². The van der Waals surface area contributed by atoms with Crippen LogP contribution >= 0.6 is 30.5 Å². The zero-order valence-corrected chi connectivity index (χ0v) is 12.5. The number of benzene rings is 2. The van der Waals surface area contributed by atoms with Gasteiger partial charge in [0.15, 0.2) is 0 Å². The summed E-state index contributed by atoms with van der Waals surface area (Å²) in [5.74, 6) is 2.35. The van der Waals surface area contributed by atoms with Crippen LogP contribution in [0.3, 0.4) is 0 Å². The topological polar surface area (TPSA) is 0 Å². The molecule has 0 aliphatic carbocycles. The Kier molecular flexibility index (Phi) is 5.21. The maximum atomic E-state index is 2.38. The van der Waals surface area contributed by atoms with Crippen molar-refractivity contribution in [3.8, 4) is 0 Å². The number of halogens is 1. The Hall–Kier alpha value is -0.660. The lowest BCUT2D eigenvalue weighted by Crippen LogP contribution is -2.09. The maximum absolute atomic E-state index is 2.38. The molecule has 0 nitrogen and oxygen atoms in total. The molecule has 0 N–H and O–H groups in total. The van der Waals surface area contributed by atoms with Crippen LogP contribution in [0.25, 0.3) is 0 Å². The van der Waals surface area contributed by atoms with Crippen LogP contribution in [0.1, 0.15) is 0 Å². The zero-order valence-electron chi connectivity index (χ0n) is 9.46. The Morgan fingerprint density at radius 1 is 0.824 bits per heavy atom. The number of alkyl halides is 1. The molecule has 0 saturated heterocycles. The number of rotatable bonds is 4. The lowest BCUT2D eigenvalue weighted by atomic mass is 10.4. The summed E-state index contributed by atoms with van der Waals surface area (Å²) in [7, 11) is -0.342. The van der Waals surface area contributed by atoms with Gasteiger partial charge in [-0.2, -0.15) is 0 Å². The molecule has 0 unspecified atom stereocenters. The normalized spacial score (nSPS) is 11.2. The molecular weight excluding hydrogens is 338 g/mol. The van der Waals surface area contributed by atoms with E-state index in [2.05, 4.69) is 95.1 Å². The third kappa shape index (κ3) is 3.65. The van der Waals surface area contributed by atoms with Crippen LogP contribution in [0.2, 0.25) is 0 Å². The van der Waals surface area contributed by atoms with Gasteiger partial charge in [-0.1, -0.05) is 95.1 Å². The van der Waals surface area contributed by atoms with Crippen molar-refractivity contribution in [1.29, 1.82) is 0 Å². The van der Waals surface area contributed by atoms with Gasteiger partial charge in [0.2, 0.25) is 0 Å². The minimum absolute atomic E-state index is 0.342.